The molecule has 2 unspecified atom stereocenters. The average molecular weight is 288 g/mol. The molecule has 1 aromatic rings. The summed E-state index contributed by atoms with van der Waals surface area (Å²) in [5, 5.41) is 3.46. The first-order valence-corrected chi connectivity index (χ1v) is 6.57. The summed E-state index contributed by atoms with van der Waals surface area (Å²) in [7, 11) is 0. The lowest BCUT2D eigenvalue weighted by atomic mass is 9.91. The first-order valence-electron chi connectivity index (χ1n) is 5.78. The van der Waals surface area contributed by atoms with E-state index in [1.807, 2.05) is 6.07 Å². The van der Waals surface area contributed by atoms with Gasteiger partial charge in [0, 0.05) is 10.5 Å². The van der Waals surface area contributed by atoms with Crippen LogP contribution in [0.25, 0.3) is 0 Å². The van der Waals surface area contributed by atoms with Gasteiger partial charge in [-0.15, -0.1) is 0 Å². The van der Waals surface area contributed by atoms with Crippen molar-refractivity contribution in [2.75, 3.05) is 6.54 Å². The van der Waals surface area contributed by atoms with Gasteiger partial charge in [0.05, 0.1) is 0 Å². The molecule has 1 N–H and O–H groups in total. The third kappa shape index (κ3) is 3.29. The third-order valence-electron chi connectivity index (χ3n) is 2.96. The molecular formula is C13H19BrFN. The third-order valence-corrected chi connectivity index (χ3v) is 3.65. The molecule has 1 rings (SSSR count). The van der Waals surface area contributed by atoms with E-state index in [4.69, 9.17) is 0 Å². The lowest BCUT2D eigenvalue weighted by molar-refractivity contribution is 0.447. The predicted octanol–water partition coefficient (Wildman–Crippen LogP) is 4.08. The van der Waals surface area contributed by atoms with Crippen LogP contribution in [0.5, 0.6) is 0 Å². The summed E-state index contributed by atoms with van der Waals surface area (Å²) >= 11 is 3.43. The number of rotatable bonds is 5. The standard InChI is InChI=1S/C13H19BrFN/c1-4-13(16-5-2)9(3)11-7-6-10(15)8-12(11)14/h6-9,13,16H,4-5H2,1-3H3. The number of halogens is 2. The fourth-order valence-electron chi connectivity index (χ4n) is 2.02. The van der Waals surface area contributed by atoms with E-state index in [0.717, 1.165) is 23.0 Å². The maximum Gasteiger partial charge on any atom is 0.124 e. The number of hydrogen-bond acceptors (Lipinski definition) is 1. The van der Waals surface area contributed by atoms with Crippen molar-refractivity contribution in [2.45, 2.75) is 39.2 Å². The lowest BCUT2D eigenvalue weighted by Gasteiger charge is -2.24. The summed E-state index contributed by atoms with van der Waals surface area (Å²) < 4.78 is 13.9. The molecule has 0 heterocycles. The minimum Gasteiger partial charge on any atom is -0.314 e. The Labute approximate surface area is 106 Å². The van der Waals surface area contributed by atoms with Gasteiger partial charge >= 0.3 is 0 Å². The highest BCUT2D eigenvalue weighted by atomic mass is 79.9. The number of likely N-dealkylation sites (N-methyl/N-ethyl adjacent to an activating group) is 1. The van der Waals surface area contributed by atoms with Gasteiger partial charge in [0.2, 0.25) is 0 Å². The van der Waals surface area contributed by atoms with Crippen molar-refractivity contribution in [1.82, 2.24) is 5.32 Å². The normalized spacial score (nSPS) is 14.8. The Morgan fingerprint density at radius 3 is 2.56 bits per heavy atom. The Bertz CT molecular complexity index is 341. The summed E-state index contributed by atoms with van der Waals surface area (Å²) in [5.74, 6) is 0.180. The molecule has 3 heteroatoms. The van der Waals surface area contributed by atoms with Crippen molar-refractivity contribution < 1.29 is 4.39 Å². The zero-order valence-electron chi connectivity index (χ0n) is 10.1. The summed E-state index contributed by atoms with van der Waals surface area (Å²) in [4.78, 5) is 0. The van der Waals surface area contributed by atoms with Gasteiger partial charge in [-0.3, -0.25) is 0 Å². The minimum atomic E-state index is -0.195. The van der Waals surface area contributed by atoms with E-state index in [1.165, 1.54) is 12.1 Å². The molecule has 0 saturated carbocycles. The van der Waals surface area contributed by atoms with Crippen molar-refractivity contribution in [3.05, 3.63) is 34.1 Å². The van der Waals surface area contributed by atoms with E-state index in [1.54, 1.807) is 0 Å². The van der Waals surface area contributed by atoms with Crippen molar-refractivity contribution in [2.24, 2.45) is 0 Å². The molecule has 0 fully saturated rings. The Morgan fingerprint density at radius 1 is 1.38 bits per heavy atom. The fourth-order valence-corrected chi connectivity index (χ4v) is 2.74. The van der Waals surface area contributed by atoms with Crippen LogP contribution in [0, 0.1) is 5.82 Å². The van der Waals surface area contributed by atoms with E-state index in [-0.39, 0.29) is 5.82 Å². The molecule has 0 spiro atoms. The van der Waals surface area contributed by atoms with Gasteiger partial charge in [-0.25, -0.2) is 4.39 Å². The second-order valence-corrected chi connectivity index (χ2v) is 4.88. The second-order valence-electron chi connectivity index (χ2n) is 4.03. The largest absolute Gasteiger partial charge is 0.314 e. The quantitative estimate of drug-likeness (QED) is 0.861. The first kappa shape index (κ1) is 13.7. The molecule has 1 aromatic carbocycles. The minimum absolute atomic E-state index is 0.195. The van der Waals surface area contributed by atoms with Gasteiger partial charge in [-0.2, -0.15) is 0 Å². The van der Waals surface area contributed by atoms with Crippen LogP contribution >= 0.6 is 15.9 Å². The van der Waals surface area contributed by atoms with Crippen molar-refractivity contribution >= 4 is 15.9 Å². The van der Waals surface area contributed by atoms with Crippen LogP contribution in [-0.2, 0) is 0 Å². The molecule has 0 aliphatic heterocycles. The highest BCUT2D eigenvalue weighted by Crippen LogP contribution is 2.28. The molecule has 0 aromatic heterocycles. The Kier molecular flexibility index (Phi) is 5.42. The summed E-state index contributed by atoms with van der Waals surface area (Å²) in [6.07, 6.45) is 1.07. The molecule has 0 saturated heterocycles. The predicted molar refractivity (Wildman–Crippen MR) is 70.3 cm³/mol. The summed E-state index contributed by atoms with van der Waals surface area (Å²) in [6.45, 7) is 7.41. The van der Waals surface area contributed by atoms with Crippen LogP contribution < -0.4 is 5.32 Å². The highest BCUT2D eigenvalue weighted by molar-refractivity contribution is 9.10. The van der Waals surface area contributed by atoms with E-state index in [9.17, 15) is 4.39 Å². The Balaban J connectivity index is 2.89. The maximum atomic E-state index is 13.0. The smallest absolute Gasteiger partial charge is 0.124 e. The van der Waals surface area contributed by atoms with Gasteiger partial charge in [-0.1, -0.05) is 42.8 Å². The summed E-state index contributed by atoms with van der Waals surface area (Å²) in [6, 6.07) is 5.36. The number of hydrogen-bond donors (Lipinski definition) is 1. The number of benzene rings is 1. The van der Waals surface area contributed by atoms with Gasteiger partial charge in [0.25, 0.3) is 0 Å². The van der Waals surface area contributed by atoms with E-state index >= 15 is 0 Å². The SMILES string of the molecule is CCNC(CC)C(C)c1ccc(F)cc1Br. The van der Waals surface area contributed by atoms with E-state index < -0.39 is 0 Å². The molecule has 0 bridgehead atoms. The lowest BCUT2D eigenvalue weighted by Crippen LogP contribution is -2.33. The Morgan fingerprint density at radius 2 is 2.06 bits per heavy atom. The van der Waals surface area contributed by atoms with Gasteiger partial charge < -0.3 is 5.32 Å². The first-order chi connectivity index (χ1) is 7.60. The molecule has 0 radical (unpaired) electrons. The topological polar surface area (TPSA) is 12.0 Å². The van der Waals surface area contributed by atoms with Crippen molar-refractivity contribution in [1.29, 1.82) is 0 Å². The zero-order chi connectivity index (χ0) is 12.1. The maximum absolute atomic E-state index is 13.0. The summed E-state index contributed by atoms with van der Waals surface area (Å²) in [5.41, 5.74) is 1.16. The van der Waals surface area contributed by atoms with Crippen molar-refractivity contribution in [3.63, 3.8) is 0 Å². The zero-order valence-corrected chi connectivity index (χ0v) is 11.6. The Hall–Kier alpha value is -0.410. The second kappa shape index (κ2) is 6.36. The molecule has 16 heavy (non-hydrogen) atoms. The molecule has 2 atom stereocenters. The number of nitrogens with one attached hydrogen (secondary N) is 1. The molecule has 0 aliphatic carbocycles. The van der Waals surface area contributed by atoms with Crippen LogP contribution in [-0.4, -0.2) is 12.6 Å². The highest BCUT2D eigenvalue weighted by Gasteiger charge is 2.18. The molecule has 0 aliphatic rings. The fraction of sp³-hybridized carbons (Fsp3) is 0.538. The molecule has 90 valence electrons. The molecule has 1 nitrogen and oxygen atoms in total. The van der Waals surface area contributed by atoms with E-state index in [2.05, 4.69) is 42.0 Å². The van der Waals surface area contributed by atoms with Crippen LogP contribution in [0.15, 0.2) is 22.7 Å². The molecular weight excluding hydrogens is 269 g/mol. The van der Waals surface area contributed by atoms with Gasteiger partial charge in [0.1, 0.15) is 5.82 Å². The van der Waals surface area contributed by atoms with Crippen molar-refractivity contribution in [3.8, 4) is 0 Å². The monoisotopic (exact) mass is 287 g/mol. The average Bonchev–Trinajstić information content (AvgIpc) is 2.25. The van der Waals surface area contributed by atoms with Crippen LogP contribution in [0.4, 0.5) is 4.39 Å². The van der Waals surface area contributed by atoms with Crippen LogP contribution in [0.2, 0.25) is 0 Å². The van der Waals surface area contributed by atoms with Crippen LogP contribution in [0.3, 0.4) is 0 Å². The van der Waals surface area contributed by atoms with Gasteiger partial charge in [-0.05, 0) is 36.6 Å². The molecule has 0 amide bonds. The van der Waals surface area contributed by atoms with Gasteiger partial charge in [0.15, 0.2) is 0 Å². The van der Waals surface area contributed by atoms with E-state index in [0.29, 0.717) is 12.0 Å². The van der Waals surface area contributed by atoms with Crippen LogP contribution in [0.1, 0.15) is 38.7 Å².